The number of para-hydroxylation sites is 1. The summed E-state index contributed by atoms with van der Waals surface area (Å²) in [6.45, 7) is 7.94. The Hall–Kier alpha value is -3.79. The summed E-state index contributed by atoms with van der Waals surface area (Å²) >= 11 is 0. The second kappa shape index (κ2) is 11.1. The van der Waals surface area contributed by atoms with E-state index in [0.29, 0.717) is 25.1 Å². The number of nitrogens with zero attached hydrogens (tertiary/aromatic N) is 1. The maximum atomic E-state index is 13.6. The van der Waals surface area contributed by atoms with Crippen LogP contribution in [0.5, 0.6) is 5.75 Å². The zero-order chi connectivity index (χ0) is 25.6. The third-order valence-electron chi connectivity index (χ3n) is 6.10. The Morgan fingerprint density at radius 1 is 1.06 bits per heavy atom. The van der Waals surface area contributed by atoms with E-state index in [0.717, 1.165) is 11.1 Å². The normalized spacial score (nSPS) is 17.1. The van der Waals surface area contributed by atoms with Crippen molar-refractivity contribution in [1.29, 1.82) is 0 Å². The molecular weight excluding hydrogens is 442 g/mol. The van der Waals surface area contributed by atoms with Gasteiger partial charge in [-0.1, -0.05) is 57.0 Å². The molecule has 1 saturated heterocycles. The van der Waals surface area contributed by atoms with Crippen molar-refractivity contribution in [3.8, 4) is 18.1 Å². The Balaban J connectivity index is 1.69. The predicted molar refractivity (Wildman–Crippen MR) is 135 cm³/mol. The van der Waals surface area contributed by atoms with Crippen LogP contribution in [0.2, 0.25) is 0 Å². The molecule has 0 spiro atoms. The van der Waals surface area contributed by atoms with Gasteiger partial charge in [-0.05, 0) is 55.0 Å². The van der Waals surface area contributed by atoms with Crippen LogP contribution in [0.1, 0.15) is 57.7 Å². The van der Waals surface area contributed by atoms with Crippen molar-refractivity contribution in [2.24, 2.45) is 5.41 Å². The molecule has 1 aliphatic rings. The van der Waals surface area contributed by atoms with Gasteiger partial charge in [0, 0.05) is 12.1 Å². The number of benzene rings is 2. The molecule has 7 heteroatoms. The summed E-state index contributed by atoms with van der Waals surface area (Å²) in [5.41, 5.74) is 1.10. The third-order valence-corrected chi connectivity index (χ3v) is 6.10. The van der Waals surface area contributed by atoms with Crippen LogP contribution in [0.15, 0.2) is 54.6 Å². The van der Waals surface area contributed by atoms with Crippen LogP contribution in [-0.2, 0) is 9.59 Å². The zero-order valence-electron chi connectivity index (χ0n) is 20.7. The maximum Gasteiger partial charge on any atom is 0.413 e. The van der Waals surface area contributed by atoms with Crippen LogP contribution in [0.3, 0.4) is 0 Å². The van der Waals surface area contributed by atoms with Crippen molar-refractivity contribution >= 4 is 17.9 Å². The van der Waals surface area contributed by atoms with Crippen molar-refractivity contribution < 1.29 is 19.1 Å². The molecule has 0 saturated carbocycles. The summed E-state index contributed by atoms with van der Waals surface area (Å²) in [6, 6.07) is 14.4. The van der Waals surface area contributed by atoms with E-state index >= 15 is 0 Å². The van der Waals surface area contributed by atoms with Crippen LogP contribution >= 0.6 is 0 Å². The van der Waals surface area contributed by atoms with Gasteiger partial charge in [0.15, 0.2) is 0 Å². The number of nitrogens with one attached hydrogen (secondary N) is 2. The molecule has 35 heavy (non-hydrogen) atoms. The molecule has 3 rings (SSSR count). The number of hydrogen-bond acceptors (Lipinski definition) is 4. The van der Waals surface area contributed by atoms with Crippen LogP contribution in [0, 0.1) is 17.8 Å². The Labute approximate surface area is 207 Å². The Morgan fingerprint density at radius 2 is 1.71 bits per heavy atom. The van der Waals surface area contributed by atoms with Gasteiger partial charge >= 0.3 is 6.09 Å². The van der Waals surface area contributed by atoms with Crippen LogP contribution in [0.4, 0.5) is 4.79 Å². The highest BCUT2D eigenvalue weighted by atomic mass is 16.6. The molecule has 2 aromatic rings. The topological polar surface area (TPSA) is 87.7 Å². The van der Waals surface area contributed by atoms with Crippen molar-refractivity contribution in [2.75, 3.05) is 6.54 Å². The van der Waals surface area contributed by atoms with Gasteiger partial charge < -0.3 is 20.3 Å². The van der Waals surface area contributed by atoms with E-state index in [-0.39, 0.29) is 17.9 Å². The maximum absolute atomic E-state index is 13.6. The first kappa shape index (κ1) is 25.8. The predicted octanol–water partition coefficient (Wildman–Crippen LogP) is 4.04. The van der Waals surface area contributed by atoms with Crippen molar-refractivity contribution in [3.05, 3.63) is 65.7 Å². The van der Waals surface area contributed by atoms with Crippen LogP contribution < -0.4 is 15.4 Å². The summed E-state index contributed by atoms with van der Waals surface area (Å²) in [4.78, 5) is 40.9. The molecule has 0 aliphatic carbocycles. The van der Waals surface area contributed by atoms with Crippen molar-refractivity contribution in [1.82, 2.24) is 15.5 Å². The number of hydrogen-bond donors (Lipinski definition) is 2. The monoisotopic (exact) mass is 475 g/mol. The summed E-state index contributed by atoms with van der Waals surface area (Å²) in [6.07, 6.45) is 5.97. The number of carbonyl (C=O) groups excluding carboxylic acids is 3. The van der Waals surface area contributed by atoms with Crippen molar-refractivity contribution in [3.63, 3.8) is 0 Å². The summed E-state index contributed by atoms with van der Waals surface area (Å²) in [7, 11) is 0. The highest BCUT2D eigenvalue weighted by Gasteiger charge is 2.42. The van der Waals surface area contributed by atoms with E-state index in [9.17, 15) is 14.4 Å². The average Bonchev–Trinajstić information content (AvgIpc) is 3.32. The molecule has 2 aromatic carbocycles. The van der Waals surface area contributed by atoms with E-state index in [1.165, 1.54) is 0 Å². The first-order valence-corrected chi connectivity index (χ1v) is 11.8. The Morgan fingerprint density at radius 3 is 2.31 bits per heavy atom. The third kappa shape index (κ3) is 6.63. The summed E-state index contributed by atoms with van der Waals surface area (Å²) < 4.78 is 5.33. The Kier molecular flexibility index (Phi) is 8.18. The number of terminal acetylenes is 1. The fraction of sp³-hybridized carbons (Fsp3) is 0.393. The number of likely N-dealkylation sites (tertiary alicyclic amines) is 1. The molecule has 184 valence electrons. The standard InChI is InChI=1S/C28H33N3O4/c1-6-20-14-16-21(17-15-20)19(2)29-25(32)23-13-10-18-31(23)26(33)24(28(3,4)5)30-27(34)35-22-11-8-7-9-12-22/h1,7-9,11-12,14-17,19,23-24H,10,13,18H2,2-5H3,(H,29,32)(H,30,34). The molecular formula is C28H33N3O4. The molecule has 0 radical (unpaired) electrons. The molecule has 1 fully saturated rings. The smallest absolute Gasteiger partial charge is 0.410 e. The lowest BCUT2D eigenvalue weighted by Crippen LogP contribution is -2.58. The molecule has 0 aromatic heterocycles. The van der Waals surface area contributed by atoms with Gasteiger partial charge in [0.1, 0.15) is 17.8 Å². The van der Waals surface area contributed by atoms with Gasteiger partial charge in [-0.2, -0.15) is 0 Å². The number of rotatable bonds is 6. The van der Waals surface area contributed by atoms with Crippen LogP contribution in [0.25, 0.3) is 0 Å². The quantitative estimate of drug-likeness (QED) is 0.618. The van der Waals surface area contributed by atoms with E-state index in [2.05, 4.69) is 16.6 Å². The van der Waals surface area contributed by atoms with E-state index in [4.69, 9.17) is 11.2 Å². The first-order chi connectivity index (χ1) is 16.6. The van der Waals surface area contributed by atoms with Gasteiger partial charge in [0.25, 0.3) is 0 Å². The average molecular weight is 476 g/mol. The molecule has 1 aliphatic heterocycles. The minimum absolute atomic E-state index is 0.219. The summed E-state index contributed by atoms with van der Waals surface area (Å²) in [5, 5.41) is 5.73. The Bertz CT molecular complexity index is 1080. The molecule has 3 unspecified atom stereocenters. The molecule has 1 heterocycles. The van der Waals surface area contributed by atoms with E-state index in [1.807, 2.05) is 58.0 Å². The lowest BCUT2D eigenvalue weighted by Gasteiger charge is -2.35. The SMILES string of the molecule is C#Cc1ccc(C(C)NC(=O)C2CCCN2C(=O)C(NC(=O)Oc2ccccc2)C(C)(C)C)cc1. The van der Waals surface area contributed by atoms with Crippen molar-refractivity contribution in [2.45, 2.75) is 58.7 Å². The molecule has 2 N–H and O–H groups in total. The number of carbonyl (C=O) groups is 3. The molecule has 3 atom stereocenters. The highest BCUT2D eigenvalue weighted by molar-refractivity contribution is 5.92. The number of amides is 3. The molecule has 0 bridgehead atoms. The fourth-order valence-corrected chi connectivity index (χ4v) is 4.12. The van der Waals surface area contributed by atoms with Crippen LogP contribution in [-0.4, -0.2) is 41.4 Å². The second-order valence-corrected chi connectivity index (χ2v) is 9.83. The lowest BCUT2D eigenvalue weighted by molar-refractivity contribution is -0.142. The van der Waals surface area contributed by atoms with Gasteiger partial charge in [0.05, 0.1) is 6.04 Å². The fourth-order valence-electron chi connectivity index (χ4n) is 4.12. The lowest BCUT2D eigenvalue weighted by atomic mass is 9.85. The first-order valence-electron chi connectivity index (χ1n) is 11.8. The second-order valence-electron chi connectivity index (χ2n) is 9.83. The highest BCUT2D eigenvalue weighted by Crippen LogP contribution is 2.27. The zero-order valence-corrected chi connectivity index (χ0v) is 20.7. The van der Waals surface area contributed by atoms with E-state index in [1.54, 1.807) is 29.2 Å². The minimum Gasteiger partial charge on any atom is -0.410 e. The van der Waals surface area contributed by atoms with E-state index < -0.39 is 23.6 Å². The van der Waals surface area contributed by atoms with Gasteiger partial charge in [-0.25, -0.2) is 4.79 Å². The number of ether oxygens (including phenoxy) is 1. The van der Waals surface area contributed by atoms with Gasteiger partial charge in [-0.15, -0.1) is 6.42 Å². The van der Waals surface area contributed by atoms with Gasteiger partial charge in [0.2, 0.25) is 11.8 Å². The minimum atomic E-state index is -0.860. The molecule has 7 nitrogen and oxygen atoms in total. The largest absolute Gasteiger partial charge is 0.413 e. The summed E-state index contributed by atoms with van der Waals surface area (Å²) in [5.74, 6) is 2.44. The van der Waals surface area contributed by atoms with Gasteiger partial charge in [-0.3, -0.25) is 9.59 Å². The molecule has 3 amide bonds.